The van der Waals surface area contributed by atoms with E-state index >= 15 is 0 Å². The molecule has 158 valence electrons. The first-order chi connectivity index (χ1) is 14.2. The first kappa shape index (κ1) is 21.2. The Labute approximate surface area is 174 Å². The molecule has 2 amide bonds. The van der Waals surface area contributed by atoms with E-state index in [1.807, 2.05) is 31.7 Å². The van der Waals surface area contributed by atoms with E-state index in [9.17, 15) is 19.7 Å². The second kappa shape index (κ2) is 8.48. The van der Waals surface area contributed by atoms with E-state index in [4.69, 9.17) is 0 Å². The number of carbonyl (C=O) groups excluding carboxylic acids is 2. The summed E-state index contributed by atoms with van der Waals surface area (Å²) in [5.41, 5.74) is 3.55. The molecule has 9 nitrogen and oxygen atoms in total. The zero-order valence-electron chi connectivity index (χ0n) is 17.6. The number of nitro groups is 1. The maximum Gasteiger partial charge on any atom is 0.293 e. The Morgan fingerprint density at radius 1 is 1.10 bits per heavy atom. The number of pyridine rings is 1. The predicted molar refractivity (Wildman–Crippen MR) is 114 cm³/mol. The number of carbonyl (C=O) groups is 2. The minimum absolute atomic E-state index is 0.00708. The molecule has 0 bridgehead atoms. The highest BCUT2D eigenvalue weighted by Crippen LogP contribution is 2.31. The molecule has 1 saturated heterocycles. The van der Waals surface area contributed by atoms with Crippen LogP contribution in [0.4, 0.5) is 17.1 Å². The van der Waals surface area contributed by atoms with Crippen molar-refractivity contribution in [1.82, 2.24) is 9.88 Å². The molecule has 0 spiro atoms. The van der Waals surface area contributed by atoms with Crippen molar-refractivity contribution in [2.24, 2.45) is 0 Å². The highest BCUT2D eigenvalue weighted by Gasteiger charge is 2.26. The fourth-order valence-electron chi connectivity index (χ4n) is 3.74. The fourth-order valence-corrected chi connectivity index (χ4v) is 3.74. The van der Waals surface area contributed by atoms with Gasteiger partial charge < -0.3 is 15.1 Å². The third kappa shape index (κ3) is 4.40. The number of piperazine rings is 1. The number of nitrogens with zero attached hydrogens (tertiary/aromatic N) is 4. The third-order valence-electron chi connectivity index (χ3n) is 5.26. The molecule has 1 N–H and O–H groups in total. The van der Waals surface area contributed by atoms with E-state index in [1.54, 1.807) is 17.0 Å². The average Bonchev–Trinajstić information content (AvgIpc) is 2.70. The number of anilines is 2. The zero-order valence-corrected chi connectivity index (χ0v) is 17.6. The number of hydrogen-bond donors (Lipinski definition) is 1. The van der Waals surface area contributed by atoms with E-state index in [0.29, 0.717) is 43.2 Å². The standard InChI is InChI=1S/C21H25N5O4/c1-13-11-14(2)22-15(3)20(13)23-21(28)17-5-6-18(19(12-17)26(29)30)25-9-7-24(8-10-25)16(4)27/h5-6,11-12H,7-10H2,1-4H3,(H,23,28). The minimum atomic E-state index is -0.479. The van der Waals surface area contributed by atoms with Crippen molar-refractivity contribution in [2.75, 3.05) is 36.4 Å². The Morgan fingerprint density at radius 2 is 1.77 bits per heavy atom. The number of rotatable bonds is 4. The van der Waals surface area contributed by atoms with E-state index in [1.165, 1.54) is 13.0 Å². The number of benzene rings is 1. The molecule has 2 aromatic rings. The van der Waals surface area contributed by atoms with Crippen LogP contribution in [0.5, 0.6) is 0 Å². The summed E-state index contributed by atoms with van der Waals surface area (Å²) < 4.78 is 0. The molecule has 0 radical (unpaired) electrons. The third-order valence-corrected chi connectivity index (χ3v) is 5.26. The van der Waals surface area contributed by atoms with Gasteiger partial charge in [0.25, 0.3) is 11.6 Å². The van der Waals surface area contributed by atoms with Gasteiger partial charge in [-0.15, -0.1) is 0 Å². The number of aromatic nitrogens is 1. The van der Waals surface area contributed by atoms with Crippen molar-refractivity contribution in [3.63, 3.8) is 0 Å². The van der Waals surface area contributed by atoms with E-state index in [0.717, 1.165) is 11.3 Å². The largest absolute Gasteiger partial charge is 0.362 e. The Balaban J connectivity index is 1.84. The molecule has 1 aromatic heterocycles. The first-order valence-electron chi connectivity index (χ1n) is 9.72. The van der Waals surface area contributed by atoms with Crippen LogP contribution in [0.3, 0.4) is 0 Å². The van der Waals surface area contributed by atoms with Crippen LogP contribution >= 0.6 is 0 Å². The molecule has 0 aliphatic carbocycles. The first-order valence-corrected chi connectivity index (χ1v) is 9.72. The summed E-state index contributed by atoms with van der Waals surface area (Å²) in [7, 11) is 0. The molecule has 1 aliphatic rings. The van der Waals surface area contributed by atoms with Gasteiger partial charge >= 0.3 is 0 Å². The van der Waals surface area contributed by atoms with Crippen molar-refractivity contribution in [2.45, 2.75) is 27.7 Å². The predicted octanol–water partition coefficient (Wildman–Crippen LogP) is 2.84. The van der Waals surface area contributed by atoms with Crippen molar-refractivity contribution in [3.05, 3.63) is 56.9 Å². The molecule has 3 rings (SSSR count). The number of amides is 2. The van der Waals surface area contributed by atoms with E-state index in [2.05, 4.69) is 10.3 Å². The monoisotopic (exact) mass is 411 g/mol. The summed E-state index contributed by atoms with van der Waals surface area (Å²) in [4.78, 5) is 43.4. The highest BCUT2D eigenvalue weighted by atomic mass is 16.6. The van der Waals surface area contributed by atoms with Gasteiger partial charge in [-0.05, 0) is 44.5 Å². The fraction of sp³-hybridized carbons (Fsp3) is 0.381. The molecule has 0 unspecified atom stereocenters. The molecule has 0 saturated carbocycles. The van der Waals surface area contributed by atoms with Crippen molar-refractivity contribution < 1.29 is 14.5 Å². The molecular formula is C21H25N5O4. The Kier molecular flexibility index (Phi) is 6.00. The molecule has 0 atom stereocenters. The average molecular weight is 411 g/mol. The lowest BCUT2D eigenvalue weighted by Crippen LogP contribution is -2.48. The normalized spacial score (nSPS) is 13.9. The number of nitrogens with one attached hydrogen (secondary N) is 1. The maximum absolute atomic E-state index is 12.8. The molecule has 30 heavy (non-hydrogen) atoms. The lowest BCUT2D eigenvalue weighted by atomic mass is 10.1. The summed E-state index contributed by atoms with van der Waals surface area (Å²) in [6, 6.07) is 6.36. The van der Waals surface area contributed by atoms with E-state index in [-0.39, 0.29) is 17.2 Å². The zero-order chi connectivity index (χ0) is 22.0. The number of nitro benzene ring substituents is 1. The second-order valence-electron chi connectivity index (χ2n) is 7.45. The van der Waals surface area contributed by atoms with Crippen LogP contribution in [0.2, 0.25) is 0 Å². The molecule has 1 aromatic carbocycles. The van der Waals surface area contributed by atoms with Crippen LogP contribution in [0, 0.1) is 30.9 Å². The van der Waals surface area contributed by atoms with Crippen molar-refractivity contribution in [1.29, 1.82) is 0 Å². The second-order valence-corrected chi connectivity index (χ2v) is 7.45. The van der Waals surface area contributed by atoms with Crippen LogP contribution in [0.1, 0.15) is 34.2 Å². The SMILES string of the molecule is CC(=O)N1CCN(c2ccc(C(=O)Nc3c(C)cc(C)nc3C)cc2[N+](=O)[O-])CC1. The molecular weight excluding hydrogens is 386 g/mol. The lowest BCUT2D eigenvalue weighted by molar-refractivity contribution is -0.384. The van der Waals surface area contributed by atoms with Gasteiger partial charge in [-0.3, -0.25) is 24.7 Å². The molecule has 9 heteroatoms. The minimum Gasteiger partial charge on any atom is -0.362 e. The van der Waals surface area contributed by atoms with Gasteiger partial charge in [0.15, 0.2) is 0 Å². The summed E-state index contributed by atoms with van der Waals surface area (Å²) in [6.07, 6.45) is 0. The quantitative estimate of drug-likeness (QED) is 0.612. The molecule has 1 aliphatic heterocycles. The number of hydrogen-bond acceptors (Lipinski definition) is 6. The Bertz CT molecular complexity index is 989. The van der Waals surface area contributed by atoms with E-state index < -0.39 is 10.8 Å². The van der Waals surface area contributed by atoms with Gasteiger partial charge in [0.1, 0.15) is 5.69 Å². The van der Waals surface area contributed by atoms with Crippen LogP contribution in [-0.4, -0.2) is 52.8 Å². The van der Waals surface area contributed by atoms with Gasteiger partial charge in [-0.1, -0.05) is 0 Å². The topological polar surface area (TPSA) is 109 Å². The van der Waals surface area contributed by atoms with Crippen molar-refractivity contribution in [3.8, 4) is 0 Å². The van der Waals surface area contributed by atoms with Crippen LogP contribution < -0.4 is 10.2 Å². The van der Waals surface area contributed by atoms with Crippen LogP contribution in [0.25, 0.3) is 0 Å². The smallest absolute Gasteiger partial charge is 0.293 e. The Hall–Kier alpha value is -3.49. The van der Waals surface area contributed by atoms with Gasteiger partial charge in [0.05, 0.1) is 16.3 Å². The summed E-state index contributed by atoms with van der Waals surface area (Å²) in [5.74, 6) is -0.435. The lowest BCUT2D eigenvalue weighted by Gasteiger charge is -2.35. The Morgan fingerprint density at radius 3 is 2.33 bits per heavy atom. The van der Waals surface area contributed by atoms with Gasteiger partial charge in [0.2, 0.25) is 5.91 Å². The highest BCUT2D eigenvalue weighted by molar-refractivity contribution is 6.05. The molecule has 1 fully saturated rings. The maximum atomic E-state index is 12.8. The summed E-state index contributed by atoms with van der Waals surface area (Å²) in [5, 5.41) is 14.5. The van der Waals surface area contributed by atoms with Crippen LogP contribution in [-0.2, 0) is 4.79 Å². The number of aryl methyl sites for hydroxylation is 3. The summed E-state index contributed by atoms with van der Waals surface area (Å²) in [6.45, 7) is 9.09. The van der Waals surface area contributed by atoms with Gasteiger partial charge in [-0.2, -0.15) is 0 Å². The molecule has 2 heterocycles. The van der Waals surface area contributed by atoms with Crippen LogP contribution in [0.15, 0.2) is 24.3 Å². The summed E-state index contributed by atoms with van der Waals surface area (Å²) >= 11 is 0. The van der Waals surface area contributed by atoms with Crippen molar-refractivity contribution >= 4 is 28.9 Å². The van der Waals surface area contributed by atoms with Gasteiger partial charge in [-0.25, -0.2) is 0 Å². The van der Waals surface area contributed by atoms with Gasteiger partial charge in [0, 0.05) is 50.4 Å².